The molecule has 2 amide bonds. The van der Waals surface area contributed by atoms with Gasteiger partial charge in [-0.2, -0.15) is 0 Å². The Morgan fingerprint density at radius 3 is 2.28 bits per heavy atom. The van der Waals surface area contributed by atoms with Gasteiger partial charge in [0.05, 0.1) is 6.61 Å². The van der Waals surface area contributed by atoms with E-state index in [1.54, 1.807) is 16.7 Å². The number of ether oxygens (including phenoxy) is 2. The monoisotopic (exact) mass is 348 g/mol. The highest BCUT2D eigenvalue weighted by molar-refractivity contribution is 5.88. The van der Waals surface area contributed by atoms with Gasteiger partial charge in [-0.05, 0) is 52.7 Å². The SMILES string of the molecule is CCOC(=O)N(c1ccccc1)C1CCN(C(=O)OC(C)(C)C)CC1. The number of amides is 2. The molecule has 0 aromatic heterocycles. The predicted octanol–water partition coefficient (Wildman–Crippen LogP) is 4.05. The Hall–Kier alpha value is -2.24. The van der Waals surface area contributed by atoms with Crippen molar-refractivity contribution in [1.29, 1.82) is 0 Å². The van der Waals surface area contributed by atoms with Crippen LogP contribution in [0.4, 0.5) is 15.3 Å². The maximum absolute atomic E-state index is 12.4. The number of anilines is 1. The number of hydrogen-bond acceptors (Lipinski definition) is 4. The van der Waals surface area contributed by atoms with E-state index in [2.05, 4.69) is 0 Å². The van der Waals surface area contributed by atoms with Gasteiger partial charge in [0.25, 0.3) is 0 Å². The summed E-state index contributed by atoms with van der Waals surface area (Å²) < 4.78 is 10.7. The average Bonchev–Trinajstić information content (AvgIpc) is 2.55. The van der Waals surface area contributed by atoms with E-state index in [0.29, 0.717) is 32.5 Å². The Bertz CT molecular complexity index is 575. The first kappa shape index (κ1) is 19.1. The summed E-state index contributed by atoms with van der Waals surface area (Å²) in [6.07, 6.45) is 0.734. The van der Waals surface area contributed by atoms with E-state index in [-0.39, 0.29) is 18.2 Å². The van der Waals surface area contributed by atoms with Crippen molar-refractivity contribution in [3.05, 3.63) is 30.3 Å². The maximum Gasteiger partial charge on any atom is 0.414 e. The van der Waals surface area contributed by atoms with Gasteiger partial charge in [0.2, 0.25) is 0 Å². The van der Waals surface area contributed by atoms with Gasteiger partial charge in [-0.25, -0.2) is 9.59 Å². The summed E-state index contributed by atoms with van der Waals surface area (Å²) in [7, 11) is 0. The summed E-state index contributed by atoms with van der Waals surface area (Å²) in [4.78, 5) is 28.0. The first-order chi connectivity index (χ1) is 11.8. The van der Waals surface area contributed by atoms with Crippen molar-refractivity contribution in [3.8, 4) is 0 Å². The highest BCUT2D eigenvalue weighted by atomic mass is 16.6. The Morgan fingerprint density at radius 1 is 1.16 bits per heavy atom. The molecule has 1 fully saturated rings. The molecular formula is C19H28N2O4. The molecule has 0 bridgehead atoms. The molecule has 1 aliphatic heterocycles. The van der Waals surface area contributed by atoms with Crippen LogP contribution in [0.15, 0.2) is 30.3 Å². The molecule has 1 heterocycles. The molecule has 1 aromatic rings. The maximum atomic E-state index is 12.4. The highest BCUT2D eigenvalue weighted by Gasteiger charge is 2.32. The fourth-order valence-corrected chi connectivity index (χ4v) is 2.88. The molecule has 25 heavy (non-hydrogen) atoms. The van der Waals surface area contributed by atoms with Crippen LogP contribution >= 0.6 is 0 Å². The largest absolute Gasteiger partial charge is 0.449 e. The van der Waals surface area contributed by atoms with Gasteiger partial charge in [-0.1, -0.05) is 18.2 Å². The van der Waals surface area contributed by atoms with Gasteiger partial charge in [0, 0.05) is 24.8 Å². The Kier molecular flexibility index (Phi) is 6.28. The molecule has 6 heteroatoms. The summed E-state index contributed by atoms with van der Waals surface area (Å²) in [6, 6.07) is 9.52. The first-order valence-corrected chi connectivity index (χ1v) is 8.81. The number of likely N-dealkylation sites (tertiary alicyclic amines) is 1. The molecule has 0 spiro atoms. The third-order valence-corrected chi connectivity index (χ3v) is 3.98. The number of nitrogens with zero attached hydrogens (tertiary/aromatic N) is 2. The second-order valence-corrected chi connectivity index (χ2v) is 7.10. The molecule has 0 N–H and O–H groups in total. The third kappa shape index (κ3) is 5.37. The molecule has 1 aromatic carbocycles. The average molecular weight is 348 g/mol. The van der Waals surface area contributed by atoms with Crippen LogP contribution in [0.5, 0.6) is 0 Å². The van der Waals surface area contributed by atoms with E-state index in [0.717, 1.165) is 5.69 Å². The smallest absolute Gasteiger partial charge is 0.414 e. The number of benzene rings is 1. The lowest BCUT2D eigenvalue weighted by molar-refractivity contribution is 0.0205. The molecule has 0 radical (unpaired) electrons. The van der Waals surface area contributed by atoms with Crippen LogP contribution in [0.2, 0.25) is 0 Å². The molecule has 0 aliphatic carbocycles. The molecule has 0 atom stereocenters. The zero-order valence-corrected chi connectivity index (χ0v) is 15.5. The van der Waals surface area contributed by atoms with E-state index in [4.69, 9.17) is 9.47 Å². The fraction of sp³-hybridized carbons (Fsp3) is 0.579. The number of piperidine rings is 1. The van der Waals surface area contributed by atoms with Gasteiger partial charge in [0.15, 0.2) is 0 Å². The van der Waals surface area contributed by atoms with E-state index >= 15 is 0 Å². The Morgan fingerprint density at radius 2 is 1.76 bits per heavy atom. The number of rotatable bonds is 3. The number of hydrogen-bond donors (Lipinski definition) is 0. The first-order valence-electron chi connectivity index (χ1n) is 8.81. The van der Waals surface area contributed by atoms with Crippen LogP contribution in [0.3, 0.4) is 0 Å². The minimum Gasteiger partial charge on any atom is -0.449 e. The van der Waals surface area contributed by atoms with E-state index < -0.39 is 5.60 Å². The van der Waals surface area contributed by atoms with Crippen molar-refractivity contribution in [1.82, 2.24) is 4.90 Å². The normalized spacial score (nSPS) is 15.6. The van der Waals surface area contributed by atoms with Crippen molar-refractivity contribution in [3.63, 3.8) is 0 Å². The van der Waals surface area contributed by atoms with Crippen LogP contribution in [-0.4, -0.2) is 48.4 Å². The zero-order chi connectivity index (χ0) is 18.4. The predicted molar refractivity (Wildman–Crippen MR) is 96.8 cm³/mol. The van der Waals surface area contributed by atoms with Crippen LogP contribution in [0.1, 0.15) is 40.5 Å². The molecular weight excluding hydrogens is 320 g/mol. The highest BCUT2D eigenvalue weighted by Crippen LogP contribution is 2.25. The molecule has 0 saturated carbocycles. The van der Waals surface area contributed by atoms with Crippen molar-refractivity contribution < 1.29 is 19.1 Å². The minimum absolute atomic E-state index is 0.000127. The van der Waals surface area contributed by atoms with Crippen molar-refractivity contribution >= 4 is 17.9 Å². The van der Waals surface area contributed by atoms with E-state index in [1.807, 2.05) is 51.1 Å². The van der Waals surface area contributed by atoms with E-state index in [9.17, 15) is 9.59 Å². The number of para-hydroxylation sites is 1. The second kappa shape index (κ2) is 8.23. The standard InChI is InChI=1S/C19H28N2O4/c1-5-24-18(23)21(15-9-7-6-8-10-15)16-11-13-20(14-12-16)17(22)25-19(2,3)4/h6-10,16H,5,11-14H2,1-4H3. The van der Waals surface area contributed by atoms with Crippen molar-refractivity contribution in [2.75, 3.05) is 24.6 Å². The minimum atomic E-state index is -0.505. The van der Waals surface area contributed by atoms with Gasteiger partial charge in [-0.15, -0.1) is 0 Å². The van der Waals surface area contributed by atoms with Gasteiger partial charge in [-0.3, -0.25) is 4.90 Å². The Labute approximate surface area is 149 Å². The molecule has 1 saturated heterocycles. The lowest BCUT2D eigenvalue weighted by atomic mass is 10.0. The lowest BCUT2D eigenvalue weighted by Gasteiger charge is -2.38. The van der Waals surface area contributed by atoms with Crippen molar-refractivity contribution in [2.45, 2.75) is 52.2 Å². The van der Waals surface area contributed by atoms with Crippen LogP contribution < -0.4 is 4.90 Å². The fourth-order valence-electron chi connectivity index (χ4n) is 2.88. The second-order valence-electron chi connectivity index (χ2n) is 7.10. The summed E-state index contributed by atoms with van der Waals surface area (Å²) in [5.41, 5.74) is 0.311. The van der Waals surface area contributed by atoms with Crippen LogP contribution in [0, 0.1) is 0 Å². The molecule has 138 valence electrons. The summed E-state index contributed by atoms with van der Waals surface area (Å²) in [5.74, 6) is 0. The lowest BCUT2D eigenvalue weighted by Crippen LogP contribution is -2.50. The van der Waals surface area contributed by atoms with Gasteiger partial charge >= 0.3 is 12.2 Å². The van der Waals surface area contributed by atoms with E-state index in [1.165, 1.54) is 0 Å². The Balaban J connectivity index is 2.04. The molecule has 6 nitrogen and oxygen atoms in total. The molecule has 1 aliphatic rings. The van der Waals surface area contributed by atoms with Gasteiger partial charge < -0.3 is 14.4 Å². The van der Waals surface area contributed by atoms with Crippen molar-refractivity contribution in [2.24, 2.45) is 0 Å². The zero-order valence-electron chi connectivity index (χ0n) is 15.5. The van der Waals surface area contributed by atoms with Crippen LogP contribution in [0.25, 0.3) is 0 Å². The molecule has 0 unspecified atom stereocenters. The summed E-state index contributed by atoms with van der Waals surface area (Å²) in [6.45, 7) is 8.82. The number of carbonyl (C=O) groups is 2. The molecule has 2 rings (SSSR count). The third-order valence-electron chi connectivity index (χ3n) is 3.98. The summed E-state index contributed by atoms with van der Waals surface area (Å²) >= 11 is 0. The van der Waals surface area contributed by atoms with Crippen LogP contribution in [-0.2, 0) is 9.47 Å². The number of carbonyl (C=O) groups excluding carboxylic acids is 2. The van der Waals surface area contributed by atoms with Gasteiger partial charge in [0.1, 0.15) is 5.60 Å². The topological polar surface area (TPSA) is 59.1 Å². The quantitative estimate of drug-likeness (QED) is 0.827. The summed E-state index contributed by atoms with van der Waals surface area (Å²) in [5, 5.41) is 0.